The SMILES string of the molecule is CN1CCCC(CN=C(N)N2CCN(c3ccc(F)cc3)CC2)C1c1cccs1.I. The lowest BCUT2D eigenvalue weighted by atomic mass is 9.88. The molecule has 0 aliphatic carbocycles. The average molecular weight is 543 g/mol. The third-order valence-electron chi connectivity index (χ3n) is 6.13. The Labute approximate surface area is 199 Å². The number of hydrogen-bond donors (Lipinski definition) is 1. The quantitative estimate of drug-likeness (QED) is 0.360. The smallest absolute Gasteiger partial charge is 0.191 e. The second-order valence-corrected chi connectivity index (χ2v) is 8.97. The van der Waals surface area contributed by atoms with Crippen LogP contribution in [-0.2, 0) is 0 Å². The van der Waals surface area contributed by atoms with E-state index in [1.54, 1.807) is 0 Å². The number of aliphatic imine (C=N–C) groups is 1. The first-order chi connectivity index (χ1) is 14.1. The summed E-state index contributed by atoms with van der Waals surface area (Å²) < 4.78 is 13.1. The van der Waals surface area contributed by atoms with Gasteiger partial charge in [0.1, 0.15) is 5.82 Å². The Morgan fingerprint density at radius 3 is 2.53 bits per heavy atom. The second kappa shape index (κ2) is 10.8. The maximum absolute atomic E-state index is 13.1. The van der Waals surface area contributed by atoms with Crippen LogP contribution in [0.2, 0.25) is 0 Å². The van der Waals surface area contributed by atoms with E-state index in [9.17, 15) is 4.39 Å². The molecule has 4 rings (SSSR count). The molecule has 30 heavy (non-hydrogen) atoms. The highest BCUT2D eigenvalue weighted by molar-refractivity contribution is 14.0. The van der Waals surface area contributed by atoms with Gasteiger partial charge in [0, 0.05) is 49.3 Å². The number of benzene rings is 1. The van der Waals surface area contributed by atoms with Crippen molar-refractivity contribution < 1.29 is 4.39 Å². The summed E-state index contributed by atoms with van der Waals surface area (Å²) in [5.74, 6) is 0.964. The number of likely N-dealkylation sites (tertiary alicyclic amines) is 1. The maximum Gasteiger partial charge on any atom is 0.191 e. The van der Waals surface area contributed by atoms with Crippen molar-refractivity contribution in [2.24, 2.45) is 16.6 Å². The fraction of sp³-hybridized carbons (Fsp3) is 0.500. The molecule has 2 atom stereocenters. The van der Waals surface area contributed by atoms with Gasteiger partial charge in [-0.1, -0.05) is 6.07 Å². The first-order valence-corrected chi connectivity index (χ1v) is 11.3. The highest BCUT2D eigenvalue weighted by atomic mass is 127. The molecule has 1 aromatic heterocycles. The first kappa shape index (κ1) is 23.3. The van der Waals surface area contributed by atoms with Crippen molar-refractivity contribution >= 4 is 47.0 Å². The van der Waals surface area contributed by atoms with Gasteiger partial charge in [-0.2, -0.15) is 0 Å². The normalized spacial score (nSPS) is 23.3. The van der Waals surface area contributed by atoms with Gasteiger partial charge in [-0.25, -0.2) is 4.39 Å². The van der Waals surface area contributed by atoms with E-state index in [0.717, 1.165) is 45.0 Å². The van der Waals surface area contributed by atoms with E-state index in [4.69, 9.17) is 10.7 Å². The van der Waals surface area contributed by atoms with E-state index in [2.05, 4.69) is 39.3 Å². The van der Waals surface area contributed by atoms with E-state index in [1.165, 1.54) is 29.9 Å². The number of thiophene rings is 1. The minimum Gasteiger partial charge on any atom is -0.370 e. The number of guanidine groups is 1. The zero-order valence-electron chi connectivity index (χ0n) is 17.4. The number of nitrogens with two attached hydrogens (primary N) is 1. The van der Waals surface area contributed by atoms with Crippen molar-refractivity contribution in [2.45, 2.75) is 18.9 Å². The van der Waals surface area contributed by atoms with Crippen molar-refractivity contribution in [2.75, 3.05) is 51.2 Å². The fourth-order valence-corrected chi connectivity index (χ4v) is 5.50. The highest BCUT2D eigenvalue weighted by Gasteiger charge is 2.31. The highest BCUT2D eigenvalue weighted by Crippen LogP contribution is 2.37. The van der Waals surface area contributed by atoms with Gasteiger partial charge in [0.2, 0.25) is 0 Å². The van der Waals surface area contributed by atoms with E-state index in [1.807, 2.05) is 23.5 Å². The van der Waals surface area contributed by atoms with Crippen LogP contribution in [0.5, 0.6) is 0 Å². The van der Waals surface area contributed by atoms with Gasteiger partial charge >= 0.3 is 0 Å². The summed E-state index contributed by atoms with van der Waals surface area (Å²) in [5, 5.41) is 2.16. The Bertz CT molecular complexity index is 805. The van der Waals surface area contributed by atoms with E-state index in [-0.39, 0.29) is 29.8 Å². The van der Waals surface area contributed by atoms with Crippen molar-refractivity contribution in [1.29, 1.82) is 0 Å². The lowest BCUT2D eigenvalue weighted by Gasteiger charge is -2.39. The van der Waals surface area contributed by atoms with Crippen LogP contribution in [0.4, 0.5) is 10.1 Å². The van der Waals surface area contributed by atoms with Crippen LogP contribution in [-0.4, -0.2) is 62.1 Å². The molecule has 2 fully saturated rings. The zero-order chi connectivity index (χ0) is 20.2. The summed E-state index contributed by atoms with van der Waals surface area (Å²) in [5.41, 5.74) is 7.43. The Morgan fingerprint density at radius 1 is 1.13 bits per heavy atom. The zero-order valence-corrected chi connectivity index (χ0v) is 20.6. The lowest BCUT2D eigenvalue weighted by Crippen LogP contribution is -2.51. The van der Waals surface area contributed by atoms with Crippen LogP contribution >= 0.6 is 35.3 Å². The summed E-state index contributed by atoms with van der Waals surface area (Å²) in [6, 6.07) is 11.5. The molecule has 2 saturated heterocycles. The summed E-state index contributed by atoms with van der Waals surface area (Å²) >= 11 is 1.84. The molecular formula is C22H31FIN5S. The van der Waals surface area contributed by atoms with Gasteiger partial charge in [-0.15, -0.1) is 35.3 Å². The first-order valence-electron chi connectivity index (χ1n) is 10.4. The lowest BCUT2D eigenvalue weighted by molar-refractivity contribution is 0.128. The van der Waals surface area contributed by atoms with Crippen molar-refractivity contribution in [1.82, 2.24) is 9.80 Å². The van der Waals surface area contributed by atoms with Crippen molar-refractivity contribution in [3.8, 4) is 0 Å². The molecule has 0 bridgehead atoms. The number of hydrogen-bond acceptors (Lipinski definition) is 4. The van der Waals surface area contributed by atoms with Gasteiger partial charge in [0.25, 0.3) is 0 Å². The summed E-state index contributed by atoms with van der Waals surface area (Å²) in [6.45, 7) is 5.33. The monoisotopic (exact) mass is 543 g/mol. The molecule has 2 aromatic rings. The van der Waals surface area contributed by atoms with Gasteiger partial charge in [-0.3, -0.25) is 9.89 Å². The molecule has 0 radical (unpaired) electrons. The summed E-state index contributed by atoms with van der Waals surface area (Å²) in [7, 11) is 2.22. The fourth-order valence-electron chi connectivity index (χ4n) is 4.52. The third-order valence-corrected chi connectivity index (χ3v) is 7.07. The topological polar surface area (TPSA) is 48.1 Å². The number of nitrogens with zero attached hydrogens (tertiary/aromatic N) is 4. The Morgan fingerprint density at radius 2 is 1.87 bits per heavy atom. The number of anilines is 1. The Kier molecular flexibility index (Phi) is 8.35. The summed E-state index contributed by atoms with van der Waals surface area (Å²) in [4.78, 5) is 13.1. The van der Waals surface area contributed by atoms with E-state index < -0.39 is 0 Å². The molecule has 0 spiro atoms. The van der Waals surface area contributed by atoms with E-state index >= 15 is 0 Å². The molecular weight excluding hydrogens is 512 g/mol. The molecule has 2 N–H and O–H groups in total. The van der Waals surface area contributed by atoms with Crippen LogP contribution in [0.15, 0.2) is 46.8 Å². The Balaban J connectivity index is 0.00000256. The molecule has 2 unspecified atom stereocenters. The van der Waals surface area contributed by atoms with Crippen LogP contribution in [0, 0.1) is 11.7 Å². The van der Waals surface area contributed by atoms with E-state index in [0.29, 0.717) is 17.9 Å². The molecule has 0 amide bonds. The average Bonchev–Trinajstić information content (AvgIpc) is 3.27. The molecule has 8 heteroatoms. The predicted molar refractivity (Wildman–Crippen MR) is 135 cm³/mol. The molecule has 3 heterocycles. The van der Waals surface area contributed by atoms with Crippen LogP contribution < -0.4 is 10.6 Å². The van der Waals surface area contributed by atoms with Gasteiger partial charge in [0.15, 0.2) is 5.96 Å². The molecule has 0 saturated carbocycles. The van der Waals surface area contributed by atoms with Gasteiger partial charge < -0.3 is 15.5 Å². The molecule has 1 aromatic carbocycles. The minimum absolute atomic E-state index is 0. The number of halogens is 2. The Hall–Kier alpha value is -1.39. The van der Waals surface area contributed by atoms with Crippen LogP contribution in [0.25, 0.3) is 0 Å². The number of piperazine rings is 1. The summed E-state index contributed by atoms with van der Waals surface area (Å²) in [6.07, 6.45) is 2.41. The minimum atomic E-state index is -0.196. The number of rotatable bonds is 4. The predicted octanol–water partition coefficient (Wildman–Crippen LogP) is 4.03. The van der Waals surface area contributed by atoms with Gasteiger partial charge in [-0.05, 0) is 68.1 Å². The van der Waals surface area contributed by atoms with Crippen molar-refractivity contribution in [3.05, 3.63) is 52.5 Å². The van der Waals surface area contributed by atoms with Crippen molar-refractivity contribution in [3.63, 3.8) is 0 Å². The standard InChI is InChI=1S/C22H30FN5S.HI/c1-26-10-2-4-17(21(26)20-5-3-15-29-20)16-25-22(24)28-13-11-27(12-14-28)19-8-6-18(23)7-9-19;/h3,5-9,15,17,21H,2,4,10-14,16H2,1H3,(H2,24,25);1H. The molecule has 2 aliphatic heterocycles. The number of piperidine rings is 1. The molecule has 164 valence electrons. The second-order valence-electron chi connectivity index (χ2n) is 7.99. The third kappa shape index (κ3) is 5.45. The van der Waals surface area contributed by atoms with Crippen LogP contribution in [0.3, 0.4) is 0 Å². The van der Waals surface area contributed by atoms with Crippen LogP contribution in [0.1, 0.15) is 23.8 Å². The maximum atomic E-state index is 13.1. The molecule has 2 aliphatic rings. The molecule has 5 nitrogen and oxygen atoms in total. The largest absolute Gasteiger partial charge is 0.370 e. The van der Waals surface area contributed by atoms with Gasteiger partial charge in [0.05, 0.1) is 0 Å².